The second-order valence-corrected chi connectivity index (χ2v) is 5.99. The number of furan rings is 1. The smallest absolute Gasteiger partial charge is 0.266 e. The van der Waals surface area contributed by atoms with Crippen molar-refractivity contribution >= 4 is 40.9 Å². The minimum Gasteiger partial charge on any atom is -0.461 e. The Morgan fingerprint density at radius 3 is 2.68 bits per heavy atom. The zero-order valence-corrected chi connectivity index (χ0v) is 12.8. The third-order valence-corrected chi connectivity index (χ3v) is 4.09. The molecule has 3 rings (SSSR count). The molecule has 0 aliphatic rings. The molecule has 0 unspecified atom stereocenters. The van der Waals surface area contributed by atoms with Crippen molar-refractivity contribution in [3.63, 3.8) is 0 Å². The number of benzene rings is 1. The first kappa shape index (κ1) is 14.6. The van der Waals surface area contributed by atoms with Gasteiger partial charge < -0.3 is 9.40 Å². The summed E-state index contributed by atoms with van der Waals surface area (Å²) < 4.78 is 6.02. The molecule has 0 fully saturated rings. The van der Waals surface area contributed by atoms with E-state index in [1.165, 1.54) is 23.7 Å². The molecule has 0 amide bonds. The van der Waals surface area contributed by atoms with E-state index in [0.29, 0.717) is 14.2 Å². The highest BCUT2D eigenvalue weighted by atomic mass is 35.5. The molecule has 4 nitrogen and oxygen atoms in total. The maximum atomic E-state index is 11.9. The molecule has 0 aliphatic heterocycles. The van der Waals surface area contributed by atoms with E-state index in [2.05, 4.69) is 4.98 Å². The van der Waals surface area contributed by atoms with E-state index in [9.17, 15) is 9.59 Å². The van der Waals surface area contributed by atoms with Crippen molar-refractivity contribution in [1.29, 1.82) is 0 Å². The lowest BCUT2D eigenvalue weighted by molar-refractivity contribution is 0.103. The van der Waals surface area contributed by atoms with Gasteiger partial charge >= 0.3 is 0 Å². The van der Waals surface area contributed by atoms with Gasteiger partial charge in [-0.25, -0.2) is 0 Å². The fraction of sp³-hybridized carbons (Fsp3) is 0. The standard InChI is InChI=1S/C16H10ClNO3S/c17-11-5-3-10(4-6-11)8-14-16(20)18-15(22-14)9-12(19)13-2-1-7-21-13/h1-9H,(H,18,20)/b14-8+,15-9-. The number of halogens is 1. The summed E-state index contributed by atoms with van der Waals surface area (Å²) >= 11 is 7.04. The molecule has 2 aromatic heterocycles. The number of carbonyl (C=O) groups is 1. The molecule has 1 N–H and O–H groups in total. The molecule has 110 valence electrons. The molecule has 22 heavy (non-hydrogen) atoms. The maximum Gasteiger partial charge on any atom is 0.266 e. The first-order valence-electron chi connectivity index (χ1n) is 6.38. The first-order valence-corrected chi connectivity index (χ1v) is 7.57. The van der Waals surface area contributed by atoms with Crippen LogP contribution in [0, 0.1) is 0 Å². The highest BCUT2D eigenvalue weighted by molar-refractivity contribution is 7.07. The van der Waals surface area contributed by atoms with Crippen LogP contribution in [0.25, 0.3) is 12.2 Å². The number of Topliss-reactive ketones (excluding diaryl/α,β-unsaturated/α-hetero) is 1. The number of aromatic nitrogens is 1. The number of hydrogen-bond donors (Lipinski definition) is 1. The molecule has 2 heterocycles. The van der Waals surface area contributed by atoms with E-state index in [1.54, 1.807) is 30.3 Å². The lowest BCUT2D eigenvalue weighted by atomic mass is 10.2. The lowest BCUT2D eigenvalue weighted by Crippen LogP contribution is -2.19. The summed E-state index contributed by atoms with van der Waals surface area (Å²) in [6.07, 6.45) is 4.52. The molecule has 0 saturated heterocycles. The number of carbonyl (C=O) groups excluding carboxylic acids is 1. The van der Waals surface area contributed by atoms with Gasteiger partial charge in [0.15, 0.2) is 5.76 Å². The van der Waals surface area contributed by atoms with Gasteiger partial charge in [0.05, 0.1) is 15.5 Å². The third-order valence-electron chi connectivity index (χ3n) is 2.87. The topological polar surface area (TPSA) is 63.1 Å². The molecule has 1 aromatic carbocycles. The number of aromatic amines is 1. The SMILES string of the molecule is O=C(/C=c1/[nH]c(=O)/c(=C\c2ccc(Cl)cc2)s1)c1ccco1. The summed E-state index contributed by atoms with van der Waals surface area (Å²) in [5.74, 6) is -0.0574. The average Bonchev–Trinajstić information content (AvgIpc) is 3.12. The summed E-state index contributed by atoms with van der Waals surface area (Å²) in [7, 11) is 0. The lowest BCUT2D eigenvalue weighted by Gasteiger charge is -1.91. The van der Waals surface area contributed by atoms with Gasteiger partial charge in [0.25, 0.3) is 5.56 Å². The minimum absolute atomic E-state index is 0.234. The van der Waals surface area contributed by atoms with Crippen LogP contribution in [-0.2, 0) is 0 Å². The van der Waals surface area contributed by atoms with Crippen molar-refractivity contribution in [2.45, 2.75) is 0 Å². The Morgan fingerprint density at radius 1 is 1.23 bits per heavy atom. The van der Waals surface area contributed by atoms with Crippen molar-refractivity contribution in [1.82, 2.24) is 4.98 Å². The summed E-state index contributed by atoms with van der Waals surface area (Å²) in [5.41, 5.74) is 0.624. The van der Waals surface area contributed by atoms with Crippen molar-refractivity contribution in [2.24, 2.45) is 0 Å². The molecule has 0 atom stereocenters. The molecule has 6 heteroatoms. The normalized spacial score (nSPS) is 12.8. The van der Waals surface area contributed by atoms with E-state index >= 15 is 0 Å². The fourth-order valence-electron chi connectivity index (χ4n) is 1.84. The Morgan fingerprint density at radius 2 is 2.00 bits per heavy atom. The molecule has 0 bridgehead atoms. The van der Waals surface area contributed by atoms with Gasteiger partial charge in [-0.2, -0.15) is 0 Å². The number of hydrogen-bond acceptors (Lipinski definition) is 4. The predicted octanol–water partition coefficient (Wildman–Crippen LogP) is 2.18. The Hall–Kier alpha value is -2.37. The van der Waals surface area contributed by atoms with Crippen molar-refractivity contribution in [3.8, 4) is 0 Å². The number of thiazole rings is 1. The van der Waals surface area contributed by atoms with Crippen LogP contribution in [0.2, 0.25) is 5.02 Å². The minimum atomic E-state index is -0.291. The van der Waals surface area contributed by atoms with E-state index < -0.39 is 0 Å². The fourth-order valence-corrected chi connectivity index (χ4v) is 2.86. The van der Waals surface area contributed by atoms with Crippen LogP contribution in [0.15, 0.2) is 51.9 Å². The molecule has 0 spiro atoms. The zero-order valence-electron chi connectivity index (χ0n) is 11.2. The van der Waals surface area contributed by atoms with Gasteiger partial charge in [-0.1, -0.05) is 23.7 Å². The van der Waals surface area contributed by atoms with Crippen molar-refractivity contribution < 1.29 is 9.21 Å². The van der Waals surface area contributed by atoms with Crippen LogP contribution in [0.5, 0.6) is 0 Å². The van der Waals surface area contributed by atoms with E-state index in [1.807, 2.05) is 12.1 Å². The van der Waals surface area contributed by atoms with Gasteiger partial charge in [0, 0.05) is 11.1 Å². The predicted molar refractivity (Wildman–Crippen MR) is 86.7 cm³/mol. The summed E-state index contributed by atoms with van der Waals surface area (Å²) in [6, 6.07) is 10.4. The number of ketones is 1. The average molecular weight is 332 g/mol. The molecule has 3 aromatic rings. The van der Waals surface area contributed by atoms with Crippen molar-refractivity contribution in [3.05, 3.63) is 78.6 Å². The van der Waals surface area contributed by atoms with Crippen LogP contribution in [-0.4, -0.2) is 10.8 Å². The molecular weight excluding hydrogens is 322 g/mol. The van der Waals surface area contributed by atoms with Gasteiger partial charge in [0.1, 0.15) is 0 Å². The van der Waals surface area contributed by atoms with Crippen LogP contribution in [0.3, 0.4) is 0 Å². The van der Waals surface area contributed by atoms with Gasteiger partial charge in [-0.05, 0) is 35.9 Å². The second kappa shape index (κ2) is 6.17. The van der Waals surface area contributed by atoms with E-state index in [0.717, 1.165) is 5.56 Å². The Balaban J connectivity index is 1.99. The van der Waals surface area contributed by atoms with Crippen LogP contribution >= 0.6 is 22.9 Å². The monoisotopic (exact) mass is 331 g/mol. The highest BCUT2D eigenvalue weighted by Crippen LogP contribution is 2.09. The number of H-pyrrole nitrogens is 1. The number of rotatable bonds is 3. The Kier molecular flexibility index (Phi) is 4.09. The van der Waals surface area contributed by atoms with E-state index in [-0.39, 0.29) is 17.1 Å². The van der Waals surface area contributed by atoms with Gasteiger partial charge in [0.2, 0.25) is 5.78 Å². The first-order chi connectivity index (χ1) is 10.6. The molecule has 0 saturated carbocycles. The van der Waals surface area contributed by atoms with Crippen LogP contribution in [0.1, 0.15) is 16.1 Å². The zero-order chi connectivity index (χ0) is 15.5. The second-order valence-electron chi connectivity index (χ2n) is 4.47. The van der Waals surface area contributed by atoms with Crippen LogP contribution in [0.4, 0.5) is 0 Å². The third kappa shape index (κ3) is 3.27. The summed E-state index contributed by atoms with van der Waals surface area (Å²) in [5, 5.41) is 0.635. The number of nitrogens with one attached hydrogen (secondary N) is 1. The van der Waals surface area contributed by atoms with Gasteiger partial charge in [-0.15, -0.1) is 11.3 Å². The molecule has 0 aliphatic carbocycles. The Bertz CT molecular complexity index is 966. The summed E-state index contributed by atoms with van der Waals surface area (Å²) in [6.45, 7) is 0. The quantitative estimate of drug-likeness (QED) is 0.748. The summed E-state index contributed by atoms with van der Waals surface area (Å²) in [4.78, 5) is 26.5. The van der Waals surface area contributed by atoms with E-state index in [4.69, 9.17) is 16.0 Å². The molecular formula is C16H10ClNO3S. The Labute approximate surface area is 134 Å². The van der Waals surface area contributed by atoms with Crippen molar-refractivity contribution in [2.75, 3.05) is 0 Å². The molecule has 0 radical (unpaired) electrons. The van der Waals surface area contributed by atoms with Gasteiger partial charge in [-0.3, -0.25) is 9.59 Å². The maximum absolute atomic E-state index is 11.9. The highest BCUT2D eigenvalue weighted by Gasteiger charge is 2.05. The van der Waals surface area contributed by atoms with Crippen LogP contribution < -0.4 is 14.8 Å². The largest absolute Gasteiger partial charge is 0.461 e.